The quantitative estimate of drug-likeness (QED) is 0.934. The van der Waals surface area contributed by atoms with Crippen LogP contribution in [0.15, 0.2) is 42.7 Å². The maximum Gasteiger partial charge on any atom is 0.270 e. The molecule has 1 N–H and O–H groups in total. The summed E-state index contributed by atoms with van der Waals surface area (Å²) in [7, 11) is 0. The van der Waals surface area contributed by atoms with Crippen molar-refractivity contribution in [2.24, 2.45) is 0 Å². The fourth-order valence-electron chi connectivity index (χ4n) is 2.67. The van der Waals surface area contributed by atoms with Crippen LogP contribution in [0, 0.1) is 11.3 Å². The molecule has 0 spiro atoms. The maximum absolute atomic E-state index is 12.1. The molecule has 1 fully saturated rings. The number of rotatable bonds is 3. The minimum atomic E-state index is -0.131. The summed E-state index contributed by atoms with van der Waals surface area (Å²) >= 11 is 0. The maximum atomic E-state index is 12.1. The Morgan fingerprint density at radius 1 is 1.22 bits per heavy atom. The third kappa shape index (κ3) is 3.64. The molecule has 23 heavy (non-hydrogen) atoms. The van der Waals surface area contributed by atoms with Crippen LogP contribution in [-0.2, 0) is 0 Å². The normalized spacial score (nSPS) is 15.0. The predicted octanol–water partition coefficient (Wildman–Crippen LogP) is 1.75. The summed E-state index contributed by atoms with van der Waals surface area (Å²) in [6.07, 6.45) is 4.96. The molecule has 0 aromatic carbocycles. The van der Waals surface area contributed by atoms with E-state index in [1.807, 2.05) is 0 Å². The van der Waals surface area contributed by atoms with Gasteiger partial charge in [-0.3, -0.25) is 9.78 Å². The molecule has 6 heteroatoms. The minimum absolute atomic E-state index is 0.131. The zero-order chi connectivity index (χ0) is 16.1. The topological polar surface area (TPSA) is 81.9 Å². The fraction of sp³-hybridized carbons (Fsp3) is 0.294. The summed E-state index contributed by atoms with van der Waals surface area (Å²) in [5, 5.41) is 12.0. The largest absolute Gasteiger partial charge is 0.356 e. The molecule has 2 aromatic heterocycles. The third-order valence-corrected chi connectivity index (χ3v) is 3.93. The summed E-state index contributed by atoms with van der Waals surface area (Å²) in [5.74, 6) is 0.687. The zero-order valence-electron chi connectivity index (χ0n) is 12.6. The van der Waals surface area contributed by atoms with Crippen molar-refractivity contribution >= 4 is 11.7 Å². The van der Waals surface area contributed by atoms with Gasteiger partial charge >= 0.3 is 0 Å². The fourth-order valence-corrected chi connectivity index (χ4v) is 2.67. The monoisotopic (exact) mass is 307 g/mol. The van der Waals surface area contributed by atoms with Gasteiger partial charge in [0, 0.05) is 31.5 Å². The molecule has 116 valence electrons. The summed E-state index contributed by atoms with van der Waals surface area (Å²) in [5.41, 5.74) is 1.05. The zero-order valence-corrected chi connectivity index (χ0v) is 12.6. The van der Waals surface area contributed by atoms with Crippen molar-refractivity contribution < 1.29 is 4.79 Å². The molecule has 0 unspecified atom stereocenters. The van der Waals surface area contributed by atoms with Gasteiger partial charge in [-0.2, -0.15) is 5.26 Å². The summed E-state index contributed by atoms with van der Waals surface area (Å²) in [4.78, 5) is 22.6. The number of amides is 1. The van der Waals surface area contributed by atoms with Gasteiger partial charge in [0.2, 0.25) is 0 Å². The van der Waals surface area contributed by atoms with E-state index in [9.17, 15) is 4.79 Å². The van der Waals surface area contributed by atoms with Gasteiger partial charge in [-0.1, -0.05) is 6.07 Å². The van der Waals surface area contributed by atoms with Gasteiger partial charge in [-0.05, 0) is 37.1 Å². The lowest BCUT2D eigenvalue weighted by molar-refractivity contribution is 0.0926. The van der Waals surface area contributed by atoms with Crippen LogP contribution in [0.4, 0.5) is 5.82 Å². The highest BCUT2D eigenvalue weighted by Gasteiger charge is 2.22. The number of carbonyl (C=O) groups is 1. The van der Waals surface area contributed by atoms with E-state index in [-0.39, 0.29) is 11.9 Å². The Balaban J connectivity index is 1.56. The number of carbonyl (C=O) groups excluding carboxylic acids is 1. The van der Waals surface area contributed by atoms with Gasteiger partial charge in [0.1, 0.15) is 11.5 Å². The van der Waals surface area contributed by atoms with Gasteiger partial charge in [0.15, 0.2) is 0 Å². The van der Waals surface area contributed by atoms with Gasteiger partial charge in [0.05, 0.1) is 11.6 Å². The number of hydrogen-bond donors (Lipinski definition) is 1. The summed E-state index contributed by atoms with van der Waals surface area (Å²) < 4.78 is 0. The first-order valence-corrected chi connectivity index (χ1v) is 7.59. The Bertz CT molecular complexity index is 717. The Morgan fingerprint density at radius 2 is 2.04 bits per heavy atom. The Labute approximate surface area is 134 Å². The van der Waals surface area contributed by atoms with Crippen LogP contribution in [0.3, 0.4) is 0 Å². The SMILES string of the molecule is N#Cc1ccnc(N2CCC(NC(=O)c3ccccn3)CC2)c1. The Kier molecular flexibility index (Phi) is 4.48. The van der Waals surface area contributed by atoms with Crippen molar-refractivity contribution in [3.05, 3.63) is 54.0 Å². The molecule has 0 saturated carbocycles. The second kappa shape index (κ2) is 6.88. The van der Waals surface area contributed by atoms with E-state index in [4.69, 9.17) is 5.26 Å². The molecule has 1 saturated heterocycles. The molecular weight excluding hydrogens is 290 g/mol. The van der Waals surface area contributed by atoms with E-state index >= 15 is 0 Å². The first kappa shape index (κ1) is 15.0. The smallest absolute Gasteiger partial charge is 0.270 e. The van der Waals surface area contributed by atoms with E-state index in [0.29, 0.717) is 11.3 Å². The molecule has 3 heterocycles. The highest BCUT2D eigenvalue weighted by molar-refractivity contribution is 5.92. The number of pyridine rings is 2. The number of nitriles is 1. The van der Waals surface area contributed by atoms with Crippen LogP contribution in [0.2, 0.25) is 0 Å². The lowest BCUT2D eigenvalue weighted by Crippen LogP contribution is -2.45. The highest BCUT2D eigenvalue weighted by atomic mass is 16.1. The van der Waals surface area contributed by atoms with E-state index in [2.05, 4.69) is 26.3 Å². The van der Waals surface area contributed by atoms with Crippen LogP contribution in [0.5, 0.6) is 0 Å². The Hall–Kier alpha value is -2.94. The van der Waals surface area contributed by atoms with Crippen molar-refractivity contribution in [1.29, 1.82) is 5.26 Å². The first-order chi connectivity index (χ1) is 11.3. The molecule has 1 aliphatic rings. The lowest BCUT2D eigenvalue weighted by atomic mass is 10.0. The number of aromatic nitrogens is 2. The van der Waals surface area contributed by atoms with Gasteiger partial charge < -0.3 is 10.2 Å². The molecular formula is C17H17N5O. The van der Waals surface area contributed by atoms with Gasteiger partial charge in [0.25, 0.3) is 5.91 Å². The van der Waals surface area contributed by atoms with E-state index in [1.165, 1.54) is 0 Å². The minimum Gasteiger partial charge on any atom is -0.356 e. The molecule has 0 bridgehead atoms. The molecule has 1 amide bonds. The van der Waals surface area contributed by atoms with E-state index in [0.717, 1.165) is 31.7 Å². The van der Waals surface area contributed by atoms with Crippen LogP contribution < -0.4 is 10.2 Å². The third-order valence-electron chi connectivity index (χ3n) is 3.93. The number of anilines is 1. The van der Waals surface area contributed by atoms with Crippen LogP contribution >= 0.6 is 0 Å². The Morgan fingerprint density at radius 3 is 2.74 bits per heavy atom. The first-order valence-electron chi connectivity index (χ1n) is 7.59. The number of hydrogen-bond acceptors (Lipinski definition) is 5. The van der Waals surface area contributed by atoms with Crippen molar-refractivity contribution in [2.75, 3.05) is 18.0 Å². The van der Waals surface area contributed by atoms with E-state index < -0.39 is 0 Å². The van der Waals surface area contributed by atoms with Crippen LogP contribution in [-0.4, -0.2) is 35.0 Å². The van der Waals surface area contributed by atoms with Gasteiger partial charge in [-0.15, -0.1) is 0 Å². The standard InChI is InChI=1S/C17H17N5O/c18-12-13-4-8-20-16(11-13)22-9-5-14(6-10-22)21-17(23)15-3-1-2-7-19-15/h1-4,7-8,11,14H,5-6,9-10H2,(H,21,23). The van der Waals surface area contributed by atoms with Crippen molar-refractivity contribution in [3.63, 3.8) is 0 Å². The summed E-state index contributed by atoms with van der Waals surface area (Å²) in [6, 6.07) is 11.1. The highest BCUT2D eigenvalue weighted by Crippen LogP contribution is 2.18. The lowest BCUT2D eigenvalue weighted by Gasteiger charge is -2.33. The number of piperidine rings is 1. The van der Waals surface area contributed by atoms with E-state index in [1.54, 1.807) is 42.7 Å². The summed E-state index contributed by atoms with van der Waals surface area (Å²) in [6.45, 7) is 1.60. The molecule has 6 nitrogen and oxygen atoms in total. The van der Waals surface area contributed by atoms with Crippen LogP contribution in [0.25, 0.3) is 0 Å². The second-order valence-corrected chi connectivity index (χ2v) is 5.46. The van der Waals surface area contributed by atoms with Crippen molar-refractivity contribution in [3.8, 4) is 6.07 Å². The average Bonchev–Trinajstić information content (AvgIpc) is 2.63. The van der Waals surface area contributed by atoms with Crippen molar-refractivity contribution in [2.45, 2.75) is 18.9 Å². The molecule has 2 aromatic rings. The van der Waals surface area contributed by atoms with Crippen molar-refractivity contribution in [1.82, 2.24) is 15.3 Å². The van der Waals surface area contributed by atoms with Crippen LogP contribution in [0.1, 0.15) is 28.9 Å². The molecule has 0 aliphatic carbocycles. The molecule has 3 rings (SSSR count). The second-order valence-electron chi connectivity index (χ2n) is 5.46. The molecule has 0 atom stereocenters. The van der Waals surface area contributed by atoms with Gasteiger partial charge in [-0.25, -0.2) is 4.98 Å². The molecule has 1 aliphatic heterocycles. The number of nitrogens with one attached hydrogen (secondary N) is 1. The average molecular weight is 307 g/mol. The number of nitrogens with zero attached hydrogens (tertiary/aromatic N) is 4. The predicted molar refractivity (Wildman–Crippen MR) is 85.9 cm³/mol. The molecule has 0 radical (unpaired) electrons.